The molecule has 0 heterocycles. The third-order valence-electron chi connectivity index (χ3n) is 5.30. The molecule has 4 aromatic carbocycles. The molecule has 0 aliphatic heterocycles. The Morgan fingerprint density at radius 2 is 1.27 bits per heavy atom. The number of hydrogen-bond acceptors (Lipinski definition) is 1. The highest BCUT2D eigenvalue weighted by Crippen LogP contribution is 2.42. The average molecular weight is 333 g/mol. The number of fused-ring (bicyclic) bond motifs is 3. The van der Waals surface area contributed by atoms with Crippen LogP contribution in [0.5, 0.6) is 0 Å². The lowest BCUT2D eigenvalue weighted by atomic mass is 9.93. The van der Waals surface area contributed by atoms with E-state index in [0.717, 1.165) is 23.2 Å². The fourth-order valence-corrected chi connectivity index (χ4v) is 4.02. The molecular weight excluding hydrogens is 314 g/mol. The molecule has 0 aromatic heterocycles. The first kappa shape index (κ1) is 15.0. The summed E-state index contributed by atoms with van der Waals surface area (Å²) in [5.41, 5.74) is 17.4. The van der Waals surface area contributed by atoms with Crippen LogP contribution in [0.3, 0.4) is 0 Å². The maximum absolute atomic E-state index is 6.28. The Morgan fingerprint density at radius 1 is 0.538 bits per heavy atom. The Balaban J connectivity index is 1.67. The molecule has 0 radical (unpaired) electrons. The van der Waals surface area contributed by atoms with Gasteiger partial charge in [-0.3, -0.25) is 0 Å². The molecule has 0 atom stereocenters. The highest BCUT2D eigenvalue weighted by Gasteiger charge is 2.21. The van der Waals surface area contributed by atoms with Crippen LogP contribution >= 0.6 is 0 Å². The van der Waals surface area contributed by atoms with Crippen molar-refractivity contribution in [1.82, 2.24) is 0 Å². The molecule has 0 saturated heterocycles. The van der Waals surface area contributed by atoms with E-state index in [-0.39, 0.29) is 0 Å². The summed E-state index contributed by atoms with van der Waals surface area (Å²) in [6.45, 7) is 0. The van der Waals surface area contributed by atoms with E-state index in [1.165, 1.54) is 33.4 Å². The fraction of sp³-hybridized carbons (Fsp3) is 0.0400. The highest BCUT2D eigenvalue weighted by atomic mass is 14.6. The van der Waals surface area contributed by atoms with E-state index in [0.29, 0.717) is 0 Å². The Bertz CT molecular complexity index is 1110. The van der Waals surface area contributed by atoms with Gasteiger partial charge in [-0.15, -0.1) is 0 Å². The van der Waals surface area contributed by atoms with Gasteiger partial charge in [-0.25, -0.2) is 0 Å². The summed E-state index contributed by atoms with van der Waals surface area (Å²) < 4.78 is 0. The number of benzene rings is 4. The normalized spacial score (nSPS) is 11.8. The van der Waals surface area contributed by atoms with Gasteiger partial charge in [-0.1, -0.05) is 78.9 Å². The zero-order chi connectivity index (χ0) is 17.5. The molecule has 0 bridgehead atoms. The highest BCUT2D eigenvalue weighted by molar-refractivity contribution is 5.88. The van der Waals surface area contributed by atoms with Crippen LogP contribution in [0.2, 0.25) is 0 Å². The number of anilines is 1. The smallest absolute Gasteiger partial charge is 0.0394 e. The van der Waals surface area contributed by atoms with Gasteiger partial charge in [-0.2, -0.15) is 0 Å². The lowest BCUT2D eigenvalue weighted by Gasteiger charge is -2.12. The predicted octanol–water partition coefficient (Wildman–Crippen LogP) is 6.17. The first-order valence-electron chi connectivity index (χ1n) is 8.97. The van der Waals surface area contributed by atoms with Crippen molar-refractivity contribution in [2.45, 2.75) is 6.42 Å². The van der Waals surface area contributed by atoms with Crippen LogP contribution in [-0.2, 0) is 6.42 Å². The quantitative estimate of drug-likeness (QED) is 0.384. The molecule has 4 aromatic rings. The number of nitrogens with two attached hydrogens (primary N) is 1. The molecule has 0 fully saturated rings. The average Bonchev–Trinajstić information content (AvgIpc) is 3.08. The summed E-state index contributed by atoms with van der Waals surface area (Å²) in [5, 5.41) is 0. The van der Waals surface area contributed by atoms with Gasteiger partial charge >= 0.3 is 0 Å². The molecule has 2 N–H and O–H groups in total. The van der Waals surface area contributed by atoms with Crippen molar-refractivity contribution in [3.8, 4) is 33.4 Å². The van der Waals surface area contributed by atoms with Crippen LogP contribution in [0.15, 0.2) is 91.0 Å². The maximum atomic E-state index is 6.28. The molecule has 5 rings (SSSR count). The number of hydrogen-bond donors (Lipinski definition) is 1. The molecule has 1 aliphatic carbocycles. The molecule has 1 heteroatoms. The van der Waals surface area contributed by atoms with Crippen molar-refractivity contribution in [3.63, 3.8) is 0 Å². The van der Waals surface area contributed by atoms with Gasteiger partial charge in [0, 0.05) is 11.3 Å². The van der Waals surface area contributed by atoms with Crippen molar-refractivity contribution in [3.05, 3.63) is 102 Å². The molecule has 124 valence electrons. The van der Waals surface area contributed by atoms with Gasteiger partial charge in [0.25, 0.3) is 0 Å². The monoisotopic (exact) mass is 333 g/mol. The van der Waals surface area contributed by atoms with Crippen molar-refractivity contribution < 1.29 is 0 Å². The Hall–Kier alpha value is -3.32. The third-order valence-corrected chi connectivity index (χ3v) is 5.30. The summed E-state index contributed by atoms with van der Waals surface area (Å²) in [4.78, 5) is 0. The van der Waals surface area contributed by atoms with Gasteiger partial charge in [0.1, 0.15) is 0 Å². The summed E-state index contributed by atoms with van der Waals surface area (Å²) in [7, 11) is 0. The van der Waals surface area contributed by atoms with Crippen LogP contribution < -0.4 is 5.73 Å². The van der Waals surface area contributed by atoms with Crippen molar-refractivity contribution in [2.75, 3.05) is 5.73 Å². The van der Waals surface area contributed by atoms with Crippen molar-refractivity contribution in [2.24, 2.45) is 0 Å². The summed E-state index contributed by atoms with van der Waals surface area (Å²) in [6, 6.07) is 32.1. The van der Waals surface area contributed by atoms with Crippen LogP contribution in [-0.4, -0.2) is 0 Å². The summed E-state index contributed by atoms with van der Waals surface area (Å²) in [6.07, 6.45) is 0.993. The minimum atomic E-state index is 0.816. The third kappa shape index (κ3) is 2.33. The van der Waals surface area contributed by atoms with Gasteiger partial charge in [0.05, 0.1) is 0 Å². The first-order valence-corrected chi connectivity index (χ1v) is 8.97. The van der Waals surface area contributed by atoms with E-state index >= 15 is 0 Å². The lowest BCUT2D eigenvalue weighted by Crippen LogP contribution is -1.93. The molecule has 1 aliphatic rings. The summed E-state index contributed by atoms with van der Waals surface area (Å²) in [5.74, 6) is 0. The van der Waals surface area contributed by atoms with Crippen LogP contribution in [0.25, 0.3) is 33.4 Å². The molecule has 0 amide bonds. The predicted molar refractivity (Wildman–Crippen MR) is 110 cm³/mol. The molecular formula is C25H19N. The number of nitrogen functional groups attached to an aromatic ring is 1. The van der Waals surface area contributed by atoms with E-state index in [9.17, 15) is 0 Å². The van der Waals surface area contributed by atoms with E-state index in [1.807, 2.05) is 12.1 Å². The second-order valence-electron chi connectivity index (χ2n) is 6.83. The van der Waals surface area contributed by atoms with Gasteiger partial charge in [0.2, 0.25) is 0 Å². The van der Waals surface area contributed by atoms with Crippen molar-refractivity contribution >= 4 is 5.69 Å². The van der Waals surface area contributed by atoms with E-state index in [4.69, 9.17) is 5.73 Å². The standard InChI is InChI=1S/C25H19N/c26-25-14-13-19(15-23(25)17-7-2-1-3-8-17)21-11-6-12-22-20-10-5-4-9-18(20)16-24(21)22/h1-15H,16,26H2. The minimum absolute atomic E-state index is 0.816. The minimum Gasteiger partial charge on any atom is -0.398 e. The van der Waals surface area contributed by atoms with E-state index in [1.54, 1.807) is 0 Å². The summed E-state index contributed by atoms with van der Waals surface area (Å²) >= 11 is 0. The Labute approximate surface area is 153 Å². The van der Waals surface area contributed by atoms with Gasteiger partial charge in [-0.05, 0) is 57.5 Å². The maximum Gasteiger partial charge on any atom is 0.0394 e. The topological polar surface area (TPSA) is 26.0 Å². The zero-order valence-electron chi connectivity index (χ0n) is 14.4. The molecule has 0 spiro atoms. The van der Waals surface area contributed by atoms with Gasteiger partial charge < -0.3 is 5.73 Å². The SMILES string of the molecule is Nc1ccc(-c2cccc3c2Cc2ccccc2-3)cc1-c1ccccc1. The molecule has 0 saturated carbocycles. The van der Waals surface area contributed by atoms with Crippen LogP contribution in [0.4, 0.5) is 5.69 Å². The van der Waals surface area contributed by atoms with Crippen molar-refractivity contribution in [1.29, 1.82) is 0 Å². The zero-order valence-corrected chi connectivity index (χ0v) is 14.4. The number of rotatable bonds is 2. The van der Waals surface area contributed by atoms with Gasteiger partial charge in [0.15, 0.2) is 0 Å². The molecule has 1 nitrogen and oxygen atoms in total. The Morgan fingerprint density at radius 3 is 2.15 bits per heavy atom. The van der Waals surface area contributed by atoms with E-state index in [2.05, 4.69) is 78.9 Å². The lowest BCUT2D eigenvalue weighted by molar-refractivity contribution is 1.26. The van der Waals surface area contributed by atoms with Crippen LogP contribution in [0, 0.1) is 0 Å². The fourth-order valence-electron chi connectivity index (χ4n) is 4.02. The van der Waals surface area contributed by atoms with Crippen LogP contribution in [0.1, 0.15) is 11.1 Å². The Kier molecular flexibility index (Phi) is 3.39. The second-order valence-corrected chi connectivity index (χ2v) is 6.83. The molecule has 26 heavy (non-hydrogen) atoms. The van der Waals surface area contributed by atoms with E-state index < -0.39 is 0 Å². The molecule has 0 unspecified atom stereocenters. The first-order chi connectivity index (χ1) is 12.8. The largest absolute Gasteiger partial charge is 0.398 e. The second kappa shape index (κ2) is 5.89.